The summed E-state index contributed by atoms with van der Waals surface area (Å²) in [7, 11) is -5.34. The summed E-state index contributed by atoms with van der Waals surface area (Å²) in [6.07, 6.45) is 6.56. The van der Waals surface area contributed by atoms with Gasteiger partial charge in [-0.15, -0.1) is 0 Å². The van der Waals surface area contributed by atoms with Gasteiger partial charge in [-0.25, -0.2) is 0 Å². The number of allylic oxidation sites excluding steroid dienone is 4. The van der Waals surface area contributed by atoms with Crippen LogP contribution in [-0.2, 0) is 18.7 Å². The van der Waals surface area contributed by atoms with Crippen LogP contribution in [0.25, 0.3) is 0 Å². The first-order valence-electron chi connectivity index (χ1n) is 10.4. The van der Waals surface area contributed by atoms with Crippen LogP contribution in [-0.4, -0.2) is 40.1 Å². The molecule has 32 heavy (non-hydrogen) atoms. The largest absolute Gasteiger partial charge is 1.00 e. The molecule has 166 valence electrons. The second-order valence-corrected chi connectivity index (χ2v) is 10.9. The van der Waals surface area contributed by atoms with Crippen molar-refractivity contribution < 1.29 is 97.8 Å². The molecule has 0 spiro atoms. The molecule has 0 saturated heterocycles. The summed E-state index contributed by atoms with van der Waals surface area (Å²) in [4.78, 5) is 46.2. The van der Waals surface area contributed by atoms with Crippen LogP contribution in [0.4, 0.5) is 0 Å². The van der Waals surface area contributed by atoms with Gasteiger partial charge in [0, 0.05) is 16.7 Å². The zero-order valence-electron chi connectivity index (χ0n) is 19.1. The van der Waals surface area contributed by atoms with Gasteiger partial charge >= 0.3 is 59.1 Å². The number of hydrogen-bond acceptors (Lipinski definition) is 8. The molecule has 3 fully saturated rings. The standard InChI is InChI=1S/C21H29O8P.2Na/c1-19-7-5-13(22)9-12(19)3-4-14-15-6-8-21(25,17(24)11-29-30(26,27)28)20(15,2)10-16(23)18(14)19;;/h5,7,9,14-16,18,23,25H,3-4,6,8,10-11H2,1-2H3,(H2,26,27,28);;/q;2*+1/p-2/t14-,15-,16?,18?,19-,20-,21-;;/m0../s1. The maximum atomic E-state index is 12.8. The summed E-state index contributed by atoms with van der Waals surface area (Å²) in [6, 6.07) is 0. The summed E-state index contributed by atoms with van der Waals surface area (Å²) < 4.78 is 14.9. The van der Waals surface area contributed by atoms with Crippen molar-refractivity contribution in [2.24, 2.45) is 28.6 Å². The van der Waals surface area contributed by atoms with E-state index in [-0.39, 0.29) is 95.5 Å². The molecule has 4 rings (SSSR count). The zero-order valence-corrected chi connectivity index (χ0v) is 24.0. The molecule has 8 nitrogen and oxygen atoms in total. The molecule has 0 aliphatic heterocycles. The van der Waals surface area contributed by atoms with Crippen molar-refractivity contribution in [2.75, 3.05) is 6.61 Å². The quantitative estimate of drug-likeness (QED) is 0.297. The van der Waals surface area contributed by atoms with E-state index in [0.717, 1.165) is 12.0 Å². The Bertz CT molecular complexity index is 900. The van der Waals surface area contributed by atoms with E-state index in [0.29, 0.717) is 12.8 Å². The number of carbonyl (C=O) groups is 2. The molecule has 2 unspecified atom stereocenters. The van der Waals surface area contributed by atoms with E-state index in [1.807, 2.05) is 13.0 Å². The van der Waals surface area contributed by atoms with Crippen molar-refractivity contribution in [3.8, 4) is 0 Å². The summed E-state index contributed by atoms with van der Waals surface area (Å²) in [5.74, 6) is -1.05. The van der Waals surface area contributed by atoms with E-state index < -0.39 is 42.7 Å². The Morgan fingerprint density at radius 3 is 2.56 bits per heavy atom. The Hall–Kier alpha value is 0.850. The van der Waals surface area contributed by atoms with Gasteiger partial charge in [-0.2, -0.15) is 0 Å². The van der Waals surface area contributed by atoms with Gasteiger partial charge in [0.1, 0.15) is 12.2 Å². The second-order valence-electron chi connectivity index (χ2n) is 9.75. The van der Waals surface area contributed by atoms with E-state index in [9.17, 15) is 34.2 Å². The summed E-state index contributed by atoms with van der Waals surface area (Å²) in [6.45, 7) is 2.80. The van der Waals surface area contributed by atoms with Crippen molar-refractivity contribution >= 4 is 19.4 Å². The fourth-order valence-corrected chi connectivity index (χ4v) is 7.32. The first kappa shape index (κ1) is 29.1. The van der Waals surface area contributed by atoms with Crippen molar-refractivity contribution in [3.05, 3.63) is 23.8 Å². The van der Waals surface area contributed by atoms with Gasteiger partial charge < -0.3 is 29.1 Å². The van der Waals surface area contributed by atoms with Gasteiger partial charge in [-0.05, 0) is 56.1 Å². The SMILES string of the molecule is C[C@]12C=CC(=O)C=C1CC[C@@H]1C2C(O)C[C@@]2(C)[C@H]1CC[C@]2(O)C(=O)COP(=O)([O-])[O-].[Na+].[Na+]. The van der Waals surface area contributed by atoms with E-state index >= 15 is 0 Å². The second kappa shape index (κ2) is 9.72. The van der Waals surface area contributed by atoms with Crippen molar-refractivity contribution in [3.63, 3.8) is 0 Å². The Labute approximate surface area is 232 Å². The molecule has 2 N–H and O–H groups in total. The molecule has 0 radical (unpaired) electrons. The molecule has 4 aliphatic rings. The molecule has 3 saturated carbocycles. The van der Waals surface area contributed by atoms with Crippen molar-refractivity contribution in [1.82, 2.24) is 0 Å². The molecule has 11 heteroatoms. The van der Waals surface area contributed by atoms with Crippen LogP contribution in [0.15, 0.2) is 23.8 Å². The Balaban J connectivity index is 0.00000181. The van der Waals surface area contributed by atoms with Gasteiger partial charge in [0.15, 0.2) is 11.6 Å². The number of ketones is 2. The van der Waals surface area contributed by atoms with Crippen LogP contribution in [0.5, 0.6) is 0 Å². The summed E-state index contributed by atoms with van der Waals surface area (Å²) in [5, 5.41) is 22.6. The number of hydrogen-bond donors (Lipinski definition) is 2. The molecule has 0 bridgehead atoms. The maximum absolute atomic E-state index is 12.8. The minimum absolute atomic E-state index is 0. The minimum Gasteiger partial charge on any atom is -0.790 e. The van der Waals surface area contributed by atoms with E-state index in [4.69, 9.17) is 0 Å². The van der Waals surface area contributed by atoms with E-state index in [2.05, 4.69) is 4.52 Å². The molecular formula is C21H27Na2O8P. The number of rotatable bonds is 4. The third kappa shape index (κ3) is 4.54. The van der Waals surface area contributed by atoms with Crippen LogP contribution >= 0.6 is 7.82 Å². The van der Waals surface area contributed by atoms with Crippen LogP contribution in [0.3, 0.4) is 0 Å². The molecule has 0 heterocycles. The Morgan fingerprint density at radius 1 is 1.28 bits per heavy atom. The van der Waals surface area contributed by atoms with Gasteiger partial charge in [0.05, 0.1) is 13.9 Å². The fraction of sp³-hybridized carbons (Fsp3) is 0.714. The minimum atomic E-state index is -5.34. The third-order valence-electron chi connectivity index (χ3n) is 8.46. The van der Waals surface area contributed by atoms with Crippen molar-refractivity contribution in [1.29, 1.82) is 0 Å². The molecule has 0 amide bonds. The summed E-state index contributed by atoms with van der Waals surface area (Å²) in [5.41, 5.74) is -2.27. The molecule has 4 aliphatic carbocycles. The van der Waals surface area contributed by atoms with E-state index in [1.54, 1.807) is 19.1 Å². The molecule has 0 aromatic rings. The Kier molecular flexibility index (Phi) is 8.83. The number of carbonyl (C=O) groups excluding carboxylic acids is 2. The average Bonchev–Trinajstić information content (AvgIpc) is 2.91. The number of Topliss-reactive ketones (excluding diaryl/α,β-unsaturated/α-hetero) is 1. The number of aliphatic hydroxyl groups is 2. The van der Waals surface area contributed by atoms with Crippen LogP contribution in [0.2, 0.25) is 0 Å². The third-order valence-corrected chi connectivity index (χ3v) is 8.91. The topological polar surface area (TPSA) is 147 Å². The zero-order chi connectivity index (χ0) is 22.1. The van der Waals surface area contributed by atoms with Crippen LogP contribution in [0.1, 0.15) is 46.0 Å². The molecule has 0 aromatic heterocycles. The first-order valence-corrected chi connectivity index (χ1v) is 11.8. The summed E-state index contributed by atoms with van der Waals surface area (Å²) >= 11 is 0. The fourth-order valence-electron chi connectivity index (χ4n) is 7.05. The predicted molar refractivity (Wildman–Crippen MR) is 102 cm³/mol. The van der Waals surface area contributed by atoms with Gasteiger partial charge in [-0.1, -0.05) is 25.5 Å². The average molecular weight is 484 g/mol. The van der Waals surface area contributed by atoms with Gasteiger partial charge in [-0.3, -0.25) is 9.59 Å². The molecule has 0 aromatic carbocycles. The normalized spacial score (nSPS) is 42.6. The van der Waals surface area contributed by atoms with Gasteiger partial charge in [0.25, 0.3) is 0 Å². The molecule has 7 atom stereocenters. The predicted octanol–water partition coefficient (Wildman–Crippen LogP) is -5.58. The number of phosphoric ester groups is 1. The van der Waals surface area contributed by atoms with Crippen LogP contribution in [0, 0.1) is 28.6 Å². The first-order chi connectivity index (χ1) is 13.8. The molecular weight excluding hydrogens is 457 g/mol. The van der Waals surface area contributed by atoms with Crippen molar-refractivity contribution in [2.45, 2.75) is 57.7 Å². The Morgan fingerprint density at radius 2 is 1.94 bits per heavy atom. The van der Waals surface area contributed by atoms with E-state index in [1.165, 1.54) is 0 Å². The van der Waals surface area contributed by atoms with Crippen LogP contribution < -0.4 is 68.9 Å². The maximum Gasteiger partial charge on any atom is 1.00 e. The van der Waals surface area contributed by atoms with Gasteiger partial charge in [0.2, 0.25) is 0 Å². The smallest absolute Gasteiger partial charge is 0.790 e. The number of aliphatic hydroxyl groups excluding tert-OH is 1. The number of phosphoric acid groups is 1. The number of fused-ring (bicyclic) bond motifs is 5. The monoisotopic (exact) mass is 484 g/mol.